The highest BCUT2D eigenvalue weighted by Crippen LogP contribution is 2.11. The summed E-state index contributed by atoms with van der Waals surface area (Å²) in [4.78, 5) is 0. The van der Waals surface area contributed by atoms with Crippen LogP contribution in [-0.4, -0.2) is 26.9 Å². The number of methoxy groups -OCH3 is 1. The Bertz CT molecular complexity index is 260. The molecule has 0 saturated carbocycles. The third kappa shape index (κ3) is 4.46. The van der Waals surface area contributed by atoms with Crippen LogP contribution in [0.2, 0.25) is 0 Å². The number of nitrogens with one attached hydrogen (secondary N) is 1. The van der Waals surface area contributed by atoms with E-state index in [1.54, 1.807) is 13.4 Å². The number of hydrogen-bond donors (Lipinski definition) is 1. The Morgan fingerprint density at radius 3 is 3.00 bits per heavy atom. The van der Waals surface area contributed by atoms with Gasteiger partial charge in [0.1, 0.15) is 5.76 Å². The maximum Gasteiger partial charge on any atom is 0.123 e. The van der Waals surface area contributed by atoms with Crippen LogP contribution in [0.1, 0.15) is 18.2 Å². The molecule has 0 aromatic carbocycles. The third-order valence-electron chi connectivity index (χ3n) is 2.06. The molecule has 1 heterocycles. The molecule has 1 aromatic rings. The zero-order valence-corrected chi connectivity index (χ0v) is 9.41. The van der Waals surface area contributed by atoms with Crippen LogP contribution in [-0.2, 0) is 22.6 Å². The first kappa shape index (κ1) is 12.2. The molecule has 0 aliphatic carbocycles. The molecule has 0 aliphatic heterocycles. The maximum atomic E-state index is 5.43. The van der Waals surface area contributed by atoms with Crippen molar-refractivity contribution in [1.29, 1.82) is 0 Å². The zero-order valence-electron chi connectivity index (χ0n) is 9.41. The van der Waals surface area contributed by atoms with Crippen molar-refractivity contribution in [2.45, 2.75) is 20.1 Å². The second-order valence-corrected chi connectivity index (χ2v) is 3.19. The van der Waals surface area contributed by atoms with Gasteiger partial charge in [-0.3, -0.25) is 0 Å². The Morgan fingerprint density at radius 1 is 1.40 bits per heavy atom. The lowest BCUT2D eigenvalue weighted by Gasteiger charge is -2.04. The average molecular weight is 213 g/mol. The van der Waals surface area contributed by atoms with Gasteiger partial charge in [-0.25, -0.2) is 0 Å². The van der Waals surface area contributed by atoms with E-state index in [0.29, 0.717) is 19.8 Å². The Labute approximate surface area is 90.6 Å². The summed E-state index contributed by atoms with van der Waals surface area (Å²) in [6.07, 6.45) is 1.70. The van der Waals surface area contributed by atoms with Crippen molar-refractivity contribution in [2.24, 2.45) is 0 Å². The van der Waals surface area contributed by atoms with Crippen LogP contribution in [0.15, 0.2) is 16.7 Å². The largest absolute Gasteiger partial charge is 0.468 e. The fraction of sp³-hybridized carbons (Fsp3) is 0.636. The smallest absolute Gasteiger partial charge is 0.123 e. The monoisotopic (exact) mass is 213 g/mol. The molecular weight excluding hydrogens is 194 g/mol. The highest BCUT2D eigenvalue weighted by Gasteiger charge is 2.05. The Morgan fingerprint density at radius 2 is 2.27 bits per heavy atom. The van der Waals surface area contributed by atoms with Crippen LogP contribution >= 0.6 is 0 Å². The number of hydrogen-bond acceptors (Lipinski definition) is 4. The van der Waals surface area contributed by atoms with Crippen molar-refractivity contribution in [3.8, 4) is 0 Å². The molecule has 15 heavy (non-hydrogen) atoms. The van der Waals surface area contributed by atoms with Gasteiger partial charge in [-0.1, -0.05) is 6.92 Å². The number of ether oxygens (including phenoxy) is 2. The van der Waals surface area contributed by atoms with Crippen molar-refractivity contribution in [3.05, 3.63) is 23.7 Å². The predicted octanol–water partition coefficient (Wildman–Crippen LogP) is 1.55. The summed E-state index contributed by atoms with van der Waals surface area (Å²) in [6.45, 7) is 5.58. The average Bonchev–Trinajstić information content (AvgIpc) is 2.69. The summed E-state index contributed by atoms with van der Waals surface area (Å²) < 4.78 is 15.7. The molecule has 0 unspecified atom stereocenters. The molecule has 86 valence electrons. The van der Waals surface area contributed by atoms with Gasteiger partial charge in [-0.15, -0.1) is 0 Å². The molecule has 0 spiro atoms. The molecule has 0 saturated heterocycles. The lowest BCUT2D eigenvalue weighted by atomic mass is 10.2. The topological polar surface area (TPSA) is 43.6 Å². The van der Waals surface area contributed by atoms with Crippen molar-refractivity contribution in [1.82, 2.24) is 5.32 Å². The minimum atomic E-state index is 0.584. The highest BCUT2D eigenvalue weighted by atomic mass is 16.5. The van der Waals surface area contributed by atoms with Crippen LogP contribution in [0.3, 0.4) is 0 Å². The fourth-order valence-electron chi connectivity index (χ4n) is 1.21. The van der Waals surface area contributed by atoms with Gasteiger partial charge in [-0.05, 0) is 12.6 Å². The minimum absolute atomic E-state index is 0.584. The molecule has 4 heteroatoms. The summed E-state index contributed by atoms with van der Waals surface area (Å²) in [6, 6.07) is 1.94. The van der Waals surface area contributed by atoms with E-state index in [1.807, 2.05) is 6.07 Å². The van der Waals surface area contributed by atoms with E-state index >= 15 is 0 Å². The summed E-state index contributed by atoms with van der Waals surface area (Å²) >= 11 is 0. The summed E-state index contributed by atoms with van der Waals surface area (Å²) in [5.74, 6) is 0.953. The van der Waals surface area contributed by atoms with Crippen molar-refractivity contribution in [2.75, 3.05) is 26.9 Å². The van der Waals surface area contributed by atoms with Crippen LogP contribution < -0.4 is 5.32 Å². The first-order chi connectivity index (χ1) is 7.38. The lowest BCUT2D eigenvalue weighted by molar-refractivity contribution is 0.0610. The fourth-order valence-corrected chi connectivity index (χ4v) is 1.21. The van der Waals surface area contributed by atoms with Crippen LogP contribution in [0.25, 0.3) is 0 Å². The zero-order chi connectivity index (χ0) is 10.9. The van der Waals surface area contributed by atoms with Crippen LogP contribution in [0.4, 0.5) is 0 Å². The van der Waals surface area contributed by atoms with Gasteiger partial charge < -0.3 is 19.2 Å². The molecule has 0 radical (unpaired) electrons. The second kappa shape index (κ2) is 7.45. The predicted molar refractivity (Wildman–Crippen MR) is 57.6 cm³/mol. The molecule has 0 aliphatic rings. The van der Waals surface area contributed by atoms with Crippen LogP contribution in [0.5, 0.6) is 0 Å². The van der Waals surface area contributed by atoms with Gasteiger partial charge in [-0.2, -0.15) is 0 Å². The van der Waals surface area contributed by atoms with Crippen molar-refractivity contribution >= 4 is 0 Å². The molecule has 0 bridgehead atoms. The molecular formula is C11H19NO3. The first-order valence-electron chi connectivity index (χ1n) is 5.21. The number of furan rings is 1. The second-order valence-electron chi connectivity index (χ2n) is 3.19. The Hall–Kier alpha value is -0.840. The Balaban J connectivity index is 2.29. The summed E-state index contributed by atoms with van der Waals surface area (Å²) in [5, 5.41) is 3.22. The van der Waals surface area contributed by atoms with E-state index in [-0.39, 0.29) is 0 Å². The van der Waals surface area contributed by atoms with Gasteiger partial charge in [0, 0.05) is 12.7 Å². The lowest BCUT2D eigenvalue weighted by Crippen LogP contribution is -2.12. The van der Waals surface area contributed by atoms with Crippen LogP contribution in [0, 0.1) is 0 Å². The minimum Gasteiger partial charge on any atom is -0.468 e. The normalized spacial score (nSPS) is 10.8. The molecule has 0 fully saturated rings. The molecule has 1 N–H and O–H groups in total. The standard InChI is InChI=1S/C11H19NO3/c1-3-12-8-11-10(4-5-15-11)9-14-7-6-13-2/h4-5,12H,3,6-9H2,1-2H3. The van der Waals surface area contributed by atoms with Crippen molar-refractivity contribution in [3.63, 3.8) is 0 Å². The van der Waals surface area contributed by atoms with E-state index in [2.05, 4.69) is 12.2 Å². The van der Waals surface area contributed by atoms with E-state index in [9.17, 15) is 0 Å². The Kier molecular flexibility index (Phi) is 6.08. The van der Waals surface area contributed by atoms with Gasteiger partial charge in [0.2, 0.25) is 0 Å². The SMILES string of the molecule is CCNCc1occc1COCCOC. The van der Waals surface area contributed by atoms with E-state index in [4.69, 9.17) is 13.9 Å². The van der Waals surface area contributed by atoms with E-state index < -0.39 is 0 Å². The van der Waals surface area contributed by atoms with Gasteiger partial charge in [0.15, 0.2) is 0 Å². The quantitative estimate of drug-likeness (QED) is 0.665. The van der Waals surface area contributed by atoms with Gasteiger partial charge in [0.25, 0.3) is 0 Å². The maximum absolute atomic E-state index is 5.43. The molecule has 1 aromatic heterocycles. The molecule has 1 rings (SSSR count). The summed E-state index contributed by atoms with van der Waals surface area (Å²) in [7, 11) is 1.66. The van der Waals surface area contributed by atoms with E-state index in [1.165, 1.54) is 0 Å². The van der Waals surface area contributed by atoms with Gasteiger partial charge in [0.05, 0.1) is 32.6 Å². The number of rotatable bonds is 8. The third-order valence-corrected chi connectivity index (χ3v) is 2.06. The molecule has 0 amide bonds. The molecule has 0 atom stereocenters. The first-order valence-corrected chi connectivity index (χ1v) is 5.21. The molecule has 4 nitrogen and oxygen atoms in total. The summed E-state index contributed by atoms with van der Waals surface area (Å²) in [5.41, 5.74) is 1.10. The van der Waals surface area contributed by atoms with Gasteiger partial charge >= 0.3 is 0 Å². The van der Waals surface area contributed by atoms with E-state index in [0.717, 1.165) is 24.4 Å². The van der Waals surface area contributed by atoms with Crippen molar-refractivity contribution < 1.29 is 13.9 Å². The highest BCUT2D eigenvalue weighted by molar-refractivity contribution is 5.15.